The van der Waals surface area contributed by atoms with Crippen molar-refractivity contribution in [3.8, 4) is 5.75 Å². The number of pyridine rings is 1. The predicted molar refractivity (Wildman–Crippen MR) is 113 cm³/mol. The number of fused-ring (bicyclic) bond motifs is 3. The van der Waals surface area contributed by atoms with Crippen LogP contribution in [-0.4, -0.2) is 35.3 Å². The van der Waals surface area contributed by atoms with Crippen molar-refractivity contribution in [3.63, 3.8) is 0 Å². The molecule has 3 heterocycles. The summed E-state index contributed by atoms with van der Waals surface area (Å²) >= 11 is 0. The number of allylic oxidation sites excluding steroid dienone is 3. The molecule has 29 heavy (non-hydrogen) atoms. The Balaban J connectivity index is 1.90. The van der Waals surface area contributed by atoms with Crippen LogP contribution in [0.2, 0.25) is 0 Å². The van der Waals surface area contributed by atoms with Crippen molar-refractivity contribution >= 4 is 27.5 Å². The van der Waals surface area contributed by atoms with Crippen molar-refractivity contribution in [2.45, 2.75) is 32.6 Å². The van der Waals surface area contributed by atoms with Crippen LogP contribution in [0.4, 0.5) is 0 Å². The average Bonchev–Trinajstić information content (AvgIpc) is 3.18. The highest BCUT2D eigenvalue weighted by atomic mass is 16.6. The number of hydrogen-bond donors (Lipinski definition) is 2. The molecule has 0 unspecified atom stereocenters. The Hall–Kier alpha value is -2.90. The molecule has 7 nitrogen and oxygen atoms in total. The minimum Gasteiger partial charge on any atom is -0.496 e. The predicted octanol–water partition coefficient (Wildman–Crippen LogP) is 4.21. The molecule has 1 fully saturated rings. The molecule has 1 saturated heterocycles. The van der Waals surface area contributed by atoms with Gasteiger partial charge in [0.2, 0.25) is 0 Å². The molecule has 1 aliphatic rings. The molecule has 4 rings (SSSR count). The van der Waals surface area contributed by atoms with Crippen LogP contribution in [0.15, 0.2) is 36.2 Å². The van der Waals surface area contributed by atoms with E-state index in [9.17, 15) is 0 Å². The molecule has 3 aromatic rings. The highest BCUT2D eigenvalue weighted by molar-refractivity contribution is 6.04. The summed E-state index contributed by atoms with van der Waals surface area (Å²) in [5, 5.41) is 0.960. The van der Waals surface area contributed by atoms with Gasteiger partial charge in [-0.2, -0.15) is 5.90 Å². The van der Waals surface area contributed by atoms with Crippen molar-refractivity contribution in [3.05, 3.63) is 47.6 Å². The first-order valence-electron chi connectivity index (χ1n) is 9.71. The van der Waals surface area contributed by atoms with Gasteiger partial charge in [-0.15, -0.1) is 0 Å². The molecule has 0 spiro atoms. The van der Waals surface area contributed by atoms with Gasteiger partial charge in [0.25, 0.3) is 0 Å². The number of methoxy groups -OCH3 is 1. The normalized spacial score (nSPS) is 16.1. The minimum absolute atomic E-state index is 0.384. The van der Waals surface area contributed by atoms with Crippen molar-refractivity contribution in [1.29, 1.82) is 0 Å². The van der Waals surface area contributed by atoms with E-state index in [2.05, 4.69) is 16.5 Å². The van der Waals surface area contributed by atoms with E-state index in [0.29, 0.717) is 17.4 Å². The van der Waals surface area contributed by atoms with Crippen LogP contribution >= 0.6 is 0 Å². The number of hydrogen-bond acceptors (Lipinski definition) is 6. The van der Waals surface area contributed by atoms with E-state index < -0.39 is 0 Å². The van der Waals surface area contributed by atoms with E-state index in [0.717, 1.165) is 70.5 Å². The standard InChI is InChI=1S/C22H26N4O3/c1-12(2)20(13(3)29-23)16-9-17-15(10-19(16)27-4)21-18(11-24-17)25-22(26-21)14-5-7-28-8-6-14/h9-11,14H,1,5-8,23H2,2-4H3,(H,25,26)/b20-13+. The quantitative estimate of drug-likeness (QED) is 0.382. The van der Waals surface area contributed by atoms with Gasteiger partial charge in [0, 0.05) is 35.7 Å². The molecule has 0 atom stereocenters. The number of imidazole rings is 1. The Morgan fingerprint density at radius 2 is 2.00 bits per heavy atom. The molecule has 0 amide bonds. The second-order valence-corrected chi connectivity index (χ2v) is 7.43. The van der Waals surface area contributed by atoms with Gasteiger partial charge < -0.3 is 19.3 Å². The van der Waals surface area contributed by atoms with Crippen LogP contribution in [0.25, 0.3) is 27.5 Å². The van der Waals surface area contributed by atoms with Crippen LogP contribution < -0.4 is 10.6 Å². The van der Waals surface area contributed by atoms with E-state index >= 15 is 0 Å². The Kier molecular flexibility index (Phi) is 5.25. The molecule has 3 N–H and O–H groups in total. The fourth-order valence-corrected chi connectivity index (χ4v) is 4.02. The van der Waals surface area contributed by atoms with Crippen molar-refractivity contribution < 1.29 is 14.3 Å². The molecule has 2 aromatic heterocycles. The number of benzene rings is 1. The number of aromatic amines is 1. The molecule has 1 aliphatic heterocycles. The maximum atomic E-state index is 5.70. The van der Waals surface area contributed by atoms with E-state index in [1.165, 1.54) is 0 Å². The average molecular weight is 394 g/mol. The summed E-state index contributed by atoms with van der Waals surface area (Å²) in [7, 11) is 1.65. The van der Waals surface area contributed by atoms with E-state index in [1.807, 2.05) is 25.3 Å². The Labute approximate surface area is 169 Å². The number of nitrogens with zero attached hydrogens (tertiary/aromatic N) is 2. The van der Waals surface area contributed by atoms with Gasteiger partial charge in [-0.1, -0.05) is 6.58 Å². The monoisotopic (exact) mass is 394 g/mol. The smallest absolute Gasteiger partial charge is 0.129 e. The van der Waals surface area contributed by atoms with E-state index in [-0.39, 0.29) is 0 Å². The van der Waals surface area contributed by atoms with Gasteiger partial charge >= 0.3 is 0 Å². The largest absolute Gasteiger partial charge is 0.496 e. The third-order valence-corrected chi connectivity index (χ3v) is 5.50. The molecular formula is C22H26N4O3. The SMILES string of the molecule is C=C(C)/C(=C(/C)ON)c1cc2ncc3nc(C4CCOCC4)[nH]c3c2cc1OC. The Bertz CT molecular complexity index is 1110. The molecule has 152 valence electrons. The zero-order valence-electron chi connectivity index (χ0n) is 17.0. The van der Waals surface area contributed by atoms with Crippen molar-refractivity contribution in [2.24, 2.45) is 5.90 Å². The molecule has 1 aromatic carbocycles. The van der Waals surface area contributed by atoms with E-state index in [4.69, 9.17) is 25.2 Å². The van der Waals surface area contributed by atoms with Gasteiger partial charge in [-0.25, -0.2) is 4.98 Å². The van der Waals surface area contributed by atoms with Crippen LogP contribution in [0.5, 0.6) is 5.75 Å². The van der Waals surface area contributed by atoms with Crippen LogP contribution in [0, 0.1) is 0 Å². The zero-order valence-corrected chi connectivity index (χ0v) is 17.0. The first-order valence-corrected chi connectivity index (χ1v) is 9.71. The highest BCUT2D eigenvalue weighted by Gasteiger charge is 2.21. The summed E-state index contributed by atoms with van der Waals surface area (Å²) in [6.07, 6.45) is 3.76. The fraction of sp³-hybridized carbons (Fsp3) is 0.364. The zero-order chi connectivity index (χ0) is 20.5. The summed E-state index contributed by atoms with van der Waals surface area (Å²) in [6, 6.07) is 3.97. The number of aromatic nitrogens is 3. The second-order valence-electron chi connectivity index (χ2n) is 7.43. The molecular weight excluding hydrogens is 368 g/mol. The lowest BCUT2D eigenvalue weighted by atomic mass is 9.96. The fourth-order valence-electron chi connectivity index (χ4n) is 4.02. The summed E-state index contributed by atoms with van der Waals surface area (Å²) in [5.74, 6) is 8.07. The third-order valence-electron chi connectivity index (χ3n) is 5.50. The van der Waals surface area contributed by atoms with Gasteiger partial charge in [0.1, 0.15) is 22.8 Å². The maximum Gasteiger partial charge on any atom is 0.129 e. The summed E-state index contributed by atoms with van der Waals surface area (Å²) in [4.78, 5) is 18.0. The molecule has 0 aliphatic carbocycles. The Morgan fingerprint density at radius 1 is 1.24 bits per heavy atom. The van der Waals surface area contributed by atoms with Crippen LogP contribution in [0.3, 0.4) is 0 Å². The molecule has 0 bridgehead atoms. The van der Waals surface area contributed by atoms with Gasteiger partial charge in [0.15, 0.2) is 0 Å². The molecule has 0 saturated carbocycles. The van der Waals surface area contributed by atoms with Crippen LogP contribution in [0.1, 0.15) is 44.0 Å². The molecule has 0 radical (unpaired) electrons. The number of rotatable bonds is 5. The topological polar surface area (TPSA) is 95.3 Å². The maximum absolute atomic E-state index is 5.70. The number of H-pyrrole nitrogens is 1. The van der Waals surface area contributed by atoms with Gasteiger partial charge in [-0.05, 0) is 44.4 Å². The van der Waals surface area contributed by atoms with Gasteiger partial charge in [0.05, 0.1) is 24.3 Å². The summed E-state index contributed by atoms with van der Waals surface area (Å²) in [5.41, 5.74) is 5.13. The molecule has 7 heteroatoms. The lowest BCUT2D eigenvalue weighted by Crippen LogP contribution is -2.15. The first-order chi connectivity index (χ1) is 14.0. The van der Waals surface area contributed by atoms with Gasteiger partial charge in [-0.3, -0.25) is 4.98 Å². The minimum atomic E-state index is 0.384. The summed E-state index contributed by atoms with van der Waals surface area (Å²) in [6.45, 7) is 9.33. The van der Waals surface area contributed by atoms with Crippen molar-refractivity contribution in [1.82, 2.24) is 15.0 Å². The highest BCUT2D eigenvalue weighted by Crippen LogP contribution is 2.37. The first kappa shape index (κ1) is 19.4. The van der Waals surface area contributed by atoms with E-state index in [1.54, 1.807) is 14.0 Å². The number of nitrogens with two attached hydrogens (primary N) is 1. The lowest BCUT2D eigenvalue weighted by molar-refractivity contribution is 0.0838. The second kappa shape index (κ2) is 7.85. The Morgan fingerprint density at radius 3 is 2.66 bits per heavy atom. The lowest BCUT2D eigenvalue weighted by Gasteiger charge is -2.19. The summed E-state index contributed by atoms with van der Waals surface area (Å²) < 4.78 is 11.2. The number of nitrogens with one attached hydrogen (secondary N) is 1. The third kappa shape index (κ3) is 3.47. The number of ether oxygens (including phenoxy) is 2. The van der Waals surface area contributed by atoms with Crippen LogP contribution in [-0.2, 0) is 9.57 Å². The van der Waals surface area contributed by atoms with Crippen molar-refractivity contribution in [2.75, 3.05) is 20.3 Å².